The minimum Gasteiger partial charge on any atom is -0.496 e. The summed E-state index contributed by atoms with van der Waals surface area (Å²) >= 11 is 0. The molecule has 0 spiro atoms. The van der Waals surface area contributed by atoms with Gasteiger partial charge >= 0.3 is 0 Å². The number of rotatable bonds is 4. The molecule has 0 saturated carbocycles. The highest BCUT2D eigenvalue weighted by atomic mass is 16.5. The molecular formula is C26H22N4O2. The van der Waals surface area contributed by atoms with Crippen LogP contribution in [0.4, 0.5) is 5.69 Å². The number of aryl methyl sites for hydroxylation is 2. The lowest BCUT2D eigenvalue weighted by Crippen LogP contribution is -2.11. The third-order valence-corrected chi connectivity index (χ3v) is 5.79. The Labute approximate surface area is 185 Å². The molecule has 0 unspecified atom stereocenters. The van der Waals surface area contributed by atoms with Crippen LogP contribution in [0.1, 0.15) is 16.1 Å². The molecule has 0 bridgehead atoms. The van der Waals surface area contributed by atoms with Gasteiger partial charge in [0.2, 0.25) is 0 Å². The lowest BCUT2D eigenvalue weighted by molar-refractivity contribution is 0.102. The fraction of sp³-hybridized carbons (Fsp3) is 0.115. The summed E-state index contributed by atoms with van der Waals surface area (Å²) in [6.07, 6.45) is 5.04. The zero-order chi connectivity index (χ0) is 22.2. The number of nitrogens with zero attached hydrogens (tertiary/aromatic N) is 3. The fourth-order valence-corrected chi connectivity index (χ4v) is 4.21. The van der Waals surface area contributed by atoms with Gasteiger partial charge in [0.25, 0.3) is 5.91 Å². The Kier molecular flexibility index (Phi) is 4.82. The van der Waals surface area contributed by atoms with E-state index >= 15 is 0 Å². The van der Waals surface area contributed by atoms with E-state index in [0.717, 1.165) is 44.7 Å². The van der Waals surface area contributed by atoms with Crippen LogP contribution in [0.25, 0.3) is 32.9 Å². The number of carbonyl (C=O) groups is 1. The second kappa shape index (κ2) is 7.81. The summed E-state index contributed by atoms with van der Waals surface area (Å²) < 4.78 is 7.90. The van der Waals surface area contributed by atoms with Crippen molar-refractivity contribution < 1.29 is 9.53 Å². The number of methoxy groups -OCH3 is 1. The van der Waals surface area contributed by atoms with Crippen LogP contribution in [-0.2, 0) is 7.05 Å². The molecule has 0 aliphatic rings. The topological polar surface area (TPSA) is 69.0 Å². The Morgan fingerprint density at radius 2 is 1.84 bits per heavy atom. The van der Waals surface area contributed by atoms with Crippen molar-refractivity contribution in [1.29, 1.82) is 0 Å². The summed E-state index contributed by atoms with van der Waals surface area (Å²) in [4.78, 5) is 20.8. The van der Waals surface area contributed by atoms with Gasteiger partial charge in [0.05, 0.1) is 29.4 Å². The Morgan fingerprint density at radius 1 is 1.03 bits per heavy atom. The van der Waals surface area contributed by atoms with Crippen molar-refractivity contribution in [3.05, 3.63) is 84.4 Å². The molecule has 0 radical (unpaired) electrons. The molecule has 1 N–H and O–H groups in total. The fourth-order valence-electron chi connectivity index (χ4n) is 4.21. The summed E-state index contributed by atoms with van der Waals surface area (Å²) in [5.41, 5.74) is 6.44. The first-order chi connectivity index (χ1) is 15.6. The van der Waals surface area contributed by atoms with Crippen LogP contribution in [0.15, 0.2) is 73.2 Å². The third-order valence-electron chi connectivity index (χ3n) is 5.79. The largest absolute Gasteiger partial charge is 0.496 e. The van der Waals surface area contributed by atoms with E-state index in [4.69, 9.17) is 4.74 Å². The smallest absolute Gasteiger partial charge is 0.257 e. The molecule has 1 amide bonds. The molecule has 3 heterocycles. The first-order valence-electron chi connectivity index (χ1n) is 10.3. The van der Waals surface area contributed by atoms with Crippen molar-refractivity contribution in [2.24, 2.45) is 7.05 Å². The quantitative estimate of drug-likeness (QED) is 0.423. The normalized spacial score (nSPS) is 11.1. The molecule has 5 rings (SSSR count). The molecule has 0 aliphatic carbocycles. The molecule has 2 aromatic carbocycles. The van der Waals surface area contributed by atoms with Gasteiger partial charge < -0.3 is 14.6 Å². The Balaban J connectivity index is 1.54. The summed E-state index contributed by atoms with van der Waals surface area (Å²) in [5.74, 6) is 0.603. The van der Waals surface area contributed by atoms with Gasteiger partial charge in [-0.2, -0.15) is 0 Å². The molecule has 3 aromatic heterocycles. The van der Waals surface area contributed by atoms with E-state index in [1.54, 1.807) is 31.6 Å². The number of aromatic nitrogens is 3. The Bertz CT molecular complexity index is 1460. The maximum absolute atomic E-state index is 12.4. The first kappa shape index (κ1) is 19.8. The Hall–Kier alpha value is -4.19. The molecule has 0 saturated heterocycles. The van der Waals surface area contributed by atoms with Gasteiger partial charge in [0.15, 0.2) is 0 Å². The van der Waals surface area contributed by atoms with E-state index < -0.39 is 0 Å². The summed E-state index contributed by atoms with van der Waals surface area (Å²) in [7, 11) is 3.74. The van der Waals surface area contributed by atoms with Crippen molar-refractivity contribution in [1.82, 2.24) is 14.5 Å². The lowest BCUT2D eigenvalue weighted by atomic mass is 10.0. The van der Waals surface area contributed by atoms with Crippen LogP contribution in [0.2, 0.25) is 0 Å². The van der Waals surface area contributed by atoms with Gasteiger partial charge in [-0.05, 0) is 48.9 Å². The van der Waals surface area contributed by atoms with Crippen molar-refractivity contribution in [2.45, 2.75) is 6.92 Å². The zero-order valence-corrected chi connectivity index (χ0v) is 18.1. The number of nitrogens with one attached hydrogen (secondary N) is 1. The van der Waals surface area contributed by atoms with Crippen LogP contribution in [-0.4, -0.2) is 27.6 Å². The lowest BCUT2D eigenvalue weighted by Gasteiger charge is -2.11. The number of hydrogen-bond acceptors (Lipinski definition) is 4. The molecule has 0 fully saturated rings. The third kappa shape index (κ3) is 3.26. The molecule has 6 nitrogen and oxygen atoms in total. The molecule has 6 heteroatoms. The highest BCUT2D eigenvalue weighted by Gasteiger charge is 2.16. The van der Waals surface area contributed by atoms with Crippen molar-refractivity contribution in [3.8, 4) is 16.9 Å². The number of pyridine rings is 2. The molecule has 5 aromatic rings. The van der Waals surface area contributed by atoms with Crippen LogP contribution < -0.4 is 10.1 Å². The number of amides is 1. The van der Waals surface area contributed by atoms with E-state index in [1.807, 2.05) is 37.4 Å². The summed E-state index contributed by atoms with van der Waals surface area (Å²) in [6, 6.07) is 17.5. The monoisotopic (exact) mass is 422 g/mol. The van der Waals surface area contributed by atoms with Gasteiger partial charge in [-0.1, -0.05) is 12.1 Å². The highest BCUT2D eigenvalue weighted by Crippen LogP contribution is 2.38. The van der Waals surface area contributed by atoms with Gasteiger partial charge in [0, 0.05) is 53.7 Å². The summed E-state index contributed by atoms with van der Waals surface area (Å²) in [5, 5.41) is 5.23. The zero-order valence-electron chi connectivity index (χ0n) is 18.1. The highest BCUT2D eigenvalue weighted by molar-refractivity contribution is 6.10. The van der Waals surface area contributed by atoms with E-state index in [1.165, 1.54) is 5.39 Å². The van der Waals surface area contributed by atoms with Crippen molar-refractivity contribution in [2.75, 3.05) is 12.4 Å². The number of benzene rings is 2. The standard InChI is InChI=1S/C26H22N4O2/c1-16-25-20(10-12-28-16)22-13-21(24(32-3)14-23(22)30(25)2)17-6-8-19(9-7-17)29-26(31)18-5-4-11-27-15-18/h4-15H,1-3H3,(H,29,31). The Morgan fingerprint density at radius 3 is 2.56 bits per heavy atom. The molecule has 0 aliphatic heterocycles. The first-order valence-corrected chi connectivity index (χ1v) is 10.3. The number of ether oxygens (including phenoxy) is 1. The average Bonchev–Trinajstić information content (AvgIpc) is 3.11. The number of anilines is 1. The number of fused-ring (bicyclic) bond motifs is 3. The van der Waals surface area contributed by atoms with Crippen LogP contribution in [0, 0.1) is 6.92 Å². The van der Waals surface area contributed by atoms with Crippen molar-refractivity contribution >= 4 is 33.4 Å². The van der Waals surface area contributed by atoms with E-state index in [9.17, 15) is 4.79 Å². The second-order valence-corrected chi connectivity index (χ2v) is 7.69. The van der Waals surface area contributed by atoms with Crippen molar-refractivity contribution in [3.63, 3.8) is 0 Å². The van der Waals surface area contributed by atoms with Gasteiger partial charge in [-0.15, -0.1) is 0 Å². The molecular weight excluding hydrogens is 400 g/mol. The minimum atomic E-state index is -0.190. The van der Waals surface area contributed by atoms with Gasteiger partial charge in [-0.25, -0.2) is 0 Å². The van der Waals surface area contributed by atoms with E-state index in [0.29, 0.717) is 5.56 Å². The molecule has 0 atom stereocenters. The SMILES string of the molecule is COc1cc2c(cc1-c1ccc(NC(=O)c3cccnc3)cc1)c1ccnc(C)c1n2C. The maximum Gasteiger partial charge on any atom is 0.257 e. The minimum absolute atomic E-state index is 0.190. The van der Waals surface area contributed by atoms with Crippen LogP contribution >= 0.6 is 0 Å². The van der Waals surface area contributed by atoms with Crippen LogP contribution in [0.3, 0.4) is 0 Å². The van der Waals surface area contributed by atoms with Gasteiger partial charge in [-0.3, -0.25) is 14.8 Å². The van der Waals surface area contributed by atoms with Crippen LogP contribution in [0.5, 0.6) is 5.75 Å². The molecule has 158 valence electrons. The van der Waals surface area contributed by atoms with E-state index in [2.05, 4.69) is 45.1 Å². The number of hydrogen-bond donors (Lipinski definition) is 1. The number of carbonyl (C=O) groups excluding carboxylic acids is 1. The van der Waals surface area contributed by atoms with Gasteiger partial charge in [0.1, 0.15) is 5.75 Å². The van der Waals surface area contributed by atoms with E-state index in [-0.39, 0.29) is 5.91 Å². The maximum atomic E-state index is 12.4. The predicted octanol–water partition coefficient (Wildman–Crippen LogP) is 5.36. The second-order valence-electron chi connectivity index (χ2n) is 7.69. The average molecular weight is 422 g/mol. The summed E-state index contributed by atoms with van der Waals surface area (Å²) in [6.45, 7) is 2.03. The molecule has 32 heavy (non-hydrogen) atoms. The predicted molar refractivity (Wildman–Crippen MR) is 127 cm³/mol.